The van der Waals surface area contributed by atoms with Gasteiger partial charge >= 0.3 is 0 Å². The molecular weight excluding hydrogens is 236 g/mol. The number of aliphatic hydroxyl groups excluding tert-OH is 1. The predicted molar refractivity (Wildman–Crippen MR) is 62.2 cm³/mol. The van der Waals surface area contributed by atoms with E-state index >= 15 is 0 Å². The molecule has 0 unspecified atom stereocenters. The number of amides is 1. The lowest BCUT2D eigenvalue weighted by molar-refractivity contribution is 0.0941. The molecule has 0 aliphatic rings. The summed E-state index contributed by atoms with van der Waals surface area (Å²) in [5, 5.41) is 18.3. The van der Waals surface area contributed by atoms with Crippen molar-refractivity contribution in [3.05, 3.63) is 41.1 Å². The lowest BCUT2D eigenvalue weighted by Gasteiger charge is -2.04. The molecule has 0 saturated carbocycles. The number of hydrogen-bond acceptors (Lipinski definition) is 6. The molecule has 1 aromatic heterocycles. The number of carbonyl (C=O) groups is 1. The zero-order valence-electron chi connectivity index (χ0n) is 9.46. The molecule has 1 amide bonds. The number of hydrogen-bond donors (Lipinski definition) is 3. The van der Waals surface area contributed by atoms with Crippen molar-refractivity contribution in [2.45, 2.75) is 13.2 Å². The monoisotopic (exact) mass is 248 g/mol. The van der Waals surface area contributed by atoms with Gasteiger partial charge < -0.3 is 16.2 Å². The molecule has 0 bridgehead atoms. The average Bonchev–Trinajstić information content (AvgIpc) is 2.82. The van der Waals surface area contributed by atoms with E-state index in [0.29, 0.717) is 6.54 Å². The number of anilines is 1. The van der Waals surface area contributed by atoms with Gasteiger partial charge in [-0.1, -0.05) is 24.3 Å². The summed E-state index contributed by atoms with van der Waals surface area (Å²) in [5.74, 6) is -0.500. The van der Waals surface area contributed by atoms with E-state index in [1.807, 2.05) is 6.07 Å². The molecule has 0 fully saturated rings. The van der Waals surface area contributed by atoms with Gasteiger partial charge in [0.05, 0.1) is 6.61 Å². The molecule has 1 aromatic carbocycles. The molecule has 0 aliphatic heterocycles. The molecule has 7 heteroatoms. The van der Waals surface area contributed by atoms with Crippen molar-refractivity contribution in [2.75, 3.05) is 5.73 Å². The summed E-state index contributed by atoms with van der Waals surface area (Å²) < 4.78 is 4.34. The zero-order valence-corrected chi connectivity index (χ0v) is 9.46. The fourth-order valence-corrected chi connectivity index (χ4v) is 1.46. The highest BCUT2D eigenvalue weighted by Gasteiger charge is 2.15. The number of rotatable bonds is 4. The Morgan fingerprint density at radius 1 is 1.39 bits per heavy atom. The highest BCUT2D eigenvalue weighted by atomic mass is 16.6. The summed E-state index contributed by atoms with van der Waals surface area (Å²) in [6.45, 7) is 0.265. The van der Waals surface area contributed by atoms with Crippen molar-refractivity contribution >= 4 is 11.7 Å². The minimum Gasteiger partial charge on any atom is -0.392 e. The van der Waals surface area contributed by atoms with E-state index in [1.54, 1.807) is 18.2 Å². The third-order valence-corrected chi connectivity index (χ3v) is 2.36. The van der Waals surface area contributed by atoms with E-state index in [0.717, 1.165) is 11.1 Å². The summed E-state index contributed by atoms with van der Waals surface area (Å²) in [6.07, 6.45) is 0. The third-order valence-electron chi connectivity index (χ3n) is 2.36. The Bertz CT molecular complexity index is 553. The number of nitrogen functional groups attached to an aromatic ring is 1. The maximum atomic E-state index is 11.7. The van der Waals surface area contributed by atoms with E-state index < -0.39 is 5.91 Å². The first-order valence-corrected chi connectivity index (χ1v) is 5.25. The minimum absolute atomic E-state index is 0.0340. The van der Waals surface area contributed by atoms with E-state index in [2.05, 4.69) is 20.3 Å². The second-order valence-corrected chi connectivity index (χ2v) is 3.66. The van der Waals surface area contributed by atoms with Gasteiger partial charge in [-0.15, -0.1) is 0 Å². The standard InChI is InChI=1S/C11H12N4O3/c12-10-9(14-18-15-10)11(17)13-5-7-2-1-3-8(4-7)6-16/h1-4,16H,5-6H2,(H2,12,15)(H,13,17). The molecule has 0 radical (unpaired) electrons. The Hall–Kier alpha value is -2.41. The molecule has 94 valence electrons. The molecule has 0 aliphatic carbocycles. The number of nitrogens with two attached hydrogens (primary N) is 1. The fraction of sp³-hybridized carbons (Fsp3) is 0.182. The Balaban J connectivity index is 1.99. The van der Waals surface area contributed by atoms with E-state index in [-0.39, 0.29) is 18.1 Å². The van der Waals surface area contributed by atoms with Crippen LogP contribution in [0.5, 0.6) is 0 Å². The van der Waals surface area contributed by atoms with Crippen molar-refractivity contribution in [3.8, 4) is 0 Å². The SMILES string of the molecule is Nc1nonc1C(=O)NCc1cccc(CO)c1. The zero-order chi connectivity index (χ0) is 13.0. The molecule has 1 heterocycles. The maximum absolute atomic E-state index is 11.7. The van der Waals surface area contributed by atoms with Crippen molar-refractivity contribution in [2.24, 2.45) is 0 Å². The Morgan fingerprint density at radius 3 is 2.83 bits per heavy atom. The number of carbonyl (C=O) groups excluding carboxylic acids is 1. The van der Waals surface area contributed by atoms with Crippen LogP contribution in [0.2, 0.25) is 0 Å². The fourth-order valence-electron chi connectivity index (χ4n) is 1.46. The van der Waals surface area contributed by atoms with Crippen molar-refractivity contribution in [3.63, 3.8) is 0 Å². The van der Waals surface area contributed by atoms with Crippen LogP contribution >= 0.6 is 0 Å². The first kappa shape index (κ1) is 12.1. The number of aliphatic hydroxyl groups is 1. The normalized spacial score (nSPS) is 10.3. The predicted octanol–water partition coefficient (Wildman–Crippen LogP) is 0.0741. The molecular formula is C11H12N4O3. The molecule has 0 spiro atoms. The topological polar surface area (TPSA) is 114 Å². The molecule has 0 saturated heterocycles. The molecule has 2 aromatic rings. The molecule has 7 nitrogen and oxygen atoms in total. The van der Waals surface area contributed by atoms with Crippen LogP contribution in [-0.4, -0.2) is 21.3 Å². The van der Waals surface area contributed by atoms with Gasteiger partial charge in [-0.3, -0.25) is 4.79 Å². The molecule has 0 atom stereocenters. The Labute approximate surface area is 103 Å². The minimum atomic E-state index is -0.455. The average molecular weight is 248 g/mol. The van der Waals surface area contributed by atoms with Gasteiger partial charge in [0.15, 0.2) is 0 Å². The summed E-state index contributed by atoms with van der Waals surface area (Å²) in [4.78, 5) is 11.7. The van der Waals surface area contributed by atoms with Crippen LogP contribution in [0, 0.1) is 0 Å². The van der Waals surface area contributed by atoms with E-state index in [1.165, 1.54) is 0 Å². The smallest absolute Gasteiger partial charge is 0.277 e. The second-order valence-electron chi connectivity index (χ2n) is 3.66. The molecule has 2 rings (SSSR count). The van der Waals surface area contributed by atoms with Gasteiger partial charge in [0, 0.05) is 6.54 Å². The van der Waals surface area contributed by atoms with E-state index in [9.17, 15) is 4.79 Å². The van der Waals surface area contributed by atoms with Crippen LogP contribution in [0.25, 0.3) is 0 Å². The first-order chi connectivity index (χ1) is 8.70. The summed E-state index contributed by atoms with van der Waals surface area (Å²) >= 11 is 0. The van der Waals surface area contributed by atoms with Crippen molar-refractivity contribution in [1.82, 2.24) is 15.6 Å². The summed E-state index contributed by atoms with van der Waals surface area (Å²) in [6, 6.07) is 7.23. The maximum Gasteiger partial charge on any atom is 0.277 e. The van der Waals surface area contributed by atoms with Gasteiger partial charge in [0.25, 0.3) is 5.91 Å². The number of aromatic nitrogens is 2. The van der Waals surface area contributed by atoms with Crippen LogP contribution < -0.4 is 11.1 Å². The lowest BCUT2D eigenvalue weighted by Crippen LogP contribution is -2.24. The number of benzene rings is 1. The van der Waals surface area contributed by atoms with Crippen molar-refractivity contribution in [1.29, 1.82) is 0 Å². The van der Waals surface area contributed by atoms with Crippen LogP contribution in [-0.2, 0) is 13.2 Å². The van der Waals surface area contributed by atoms with Crippen molar-refractivity contribution < 1.29 is 14.5 Å². The Morgan fingerprint density at radius 2 is 2.17 bits per heavy atom. The second kappa shape index (κ2) is 5.28. The number of nitrogens with one attached hydrogen (secondary N) is 1. The highest BCUT2D eigenvalue weighted by molar-refractivity contribution is 5.95. The van der Waals surface area contributed by atoms with Crippen LogP contribution in [0.4, 0.5) is 5.82 Å². The summed E-state index contributed by atoms with van der Waals surface area (Å²) in [5.41, 5.74) is 7.01. The molecule has 18 heavy (non-hydrogen) atoms. The quantitative estimate of drug-likeness (QED) is 0.705. The molecule has 4 N–H and O–H groups in total. The van der Waals surface area contributed by atoms with Gasteiger partial charge in [0.1, 0.15) is 0 Å². The third kappa shape index (κ3) is 2.64. The number of nitrogens with zero attached hydrogens (tertiary/aromatic N) is 2. The van der Waals surface area contributed by atoms with Gasteiger partial charge in [-0.2, -0.15) is 0 Å². The van der Waals surface area contributed by atoms with E-state index in [4.69, 9.17) is 10.8 Å². The highest BCUT2D eigenvalue weighted by Crippen LogP contribution is 2.07. The first-order valence-electron chi connectivity index (χ1n) is 5.25. The Kier molecular flexibility index (Phi) is 3.54. The van der Waals surface area contributed by atoms with Crippen LogP contribution in [0.1, 0.15) is 21.6 Å². The van der Waals surface area contributed by atoms with Crippen LogP contribution in [0.3, 0.4) is 0 Å². The van der Waals surface area contributed by atoms with Gasteiger partial charge in [0.2, 0.25) is 11.5 Å². The van der Waals surface area contributed by atoms with Gasteiger partial charge in [-0.05, 0) is 21.4 Å². The lowest BCUT2D eigenvalue weighted by atomic mass is 10.1. The van der Waals surface area contributed by atoms with Gasteiger partial charge in [-0.25, -0.2) is 4.63 Å². The largest absolute Gasteiger partial charge is 0.392 e. The summed E-state index contributed by atoms with van der Waals surface area (Å²) in [7, 11) is 0. The van der Waals surface area contributed by atoms with Crippen LogP contribution in [0.15, 0.2) is 28.9 Å².